The van der Waals surface area contributed by atoms with E-state index in [2.05, 4.69) is 36.3 Å². The molecule has 1 heterocycles. The van der Waals surface area contributed by atoms with E-state index in [9.17, 15) is 4.79 Å². The summed E-state index contributed by atoms with van der Waals surface area (Å²) in [4.78, 5) is 10.7. The van der Waals surface area contributed by atoms with Crippen LogP contribution in [-0.2, 0) is 4.79 Å². The van der Waals surface area contributed by atoms with E-state index in [0.29, 0.717) is 5.92 Å². The van der Waals surface area contributed by atoms with Gasteiger partial charge in [-0.25, -0.2) is 0 Å². The largest absolute Gasteiger partial charge is 0.481 e. The SMILES string of the molecule is Cc1nnc(NCCC(CCC(=O)O)C(C)(C)C)s1. The summed E-state index contributed by atoms with van der Waals surface area (Å²) in [5.74, 6) is -0.341. The van der Waals surface area contributed by atoms with Crippen LogP contribution in [0.5, 0.6) is 0 Å². The molecule has 0 fully saturated rings. The summed E-state index contributed by atoms with van der Waals surface area (Å²) in [6.07, 6.45) is 1.89. The highest BCUT2D eigenvalue weighted by molar-refractivity contribution is 7.15. The van der Waals surface area contributed by atoms with Crippen molar-refractivity contribution in [3.8, 4) is 0 Å². The Morgan fingerprint density at radius 2 is 2.05 bits per heavy atom. The number of carbonyl (C=O) groups is 1. The Balaban J connectivity index is 2.42. The van der Waals surface area contributed by atoms with E-state index in [0.717, 1.165) is 29.5 Å². The van der Waals surface area contributed by atoms with Gasteiger partial charge in [0.25, 0.3) is 0 Å². The van der Waals surface area contributed by atoms with Gasteiger partial charge < -0.3 is 10.4 Å². The predicted molar refractivity (Wildman–Crippen MR) is 77.6 cm³/mol. The first-order valence-corrected chi connectivity index (χ1v) is 7.36. The monoisotopic (exact) mass is 285 g/mol. The number of aryl methyl sites for hydroxylation is 1. The minimum atomic E-state index is -0.720. The normalized spacial score (nSPS) is 13.3. The summed E-state index contributed by atoms with van der Waals surface area (Å²) >= 11 is 1.54. The summed E-state index contributed by atoms with van der Waals surface area (Å²) in [6, 6.07) is 0. The first-order chi connectivity index (χ1) is 8.79. The Kier molecular flexibility index (Phi) is 5.72. The number of aliphatic carboxylic acids is 1. The number of carboxylic acids is 1. The van der Waals surface area contributed by atoms with Crippen molar-refractivity contribution in [3.63, 3.8) is 0 Å². The number of nitrogens with one attached hydrogen (secondary N) is 1. The van der Waals surface area contributed by atoms with Gasteiger partial charge >= 0.3 is 5.97 Å². The molecule has 0 aromatic carbocycles. The smallest absolute Gasteiger partial charge is 0.303 e. The van der Waals surface area contributed by atoms with Crippen LogP contribution in [0.15, 0.2) is 0 Å². The van der Waals surface area contributed by atoms with Crippen molar-refractivity contribution in [3.05, 3.63) is 5.01 Å². The molecule has 0 saturated heterocycles. The lowest BCUT2D eigenvalue weighted by molar-refractivity contribution is -0.137. The molecule has 0 amide bonds. The van der Waals surface area contributed by atoms with Crippen LogP contribution in [0.25, 0.3) is 0 Å². The van der Waals surface area contributed by atoms with Gasteiger partial charge in [-0.3, -0.25) is 4.79 Å². The third kappa shape index (κ3) is 6.00. The summed E-state index contributed by atoms with van der Waals surface area (Å²) in [7, 11) is 0. The molecule has 1 unspecified atom stereocenters. The highest BCUT2D eigenvalue weighted by atomic mass is 32.1. The zero-order chi connectivity index (χ0) is 14.5. The number of hydrogen-bond donors (Lipinski definition) is 2. The van der Waals surface area contributed by atoms with Crippen LogP contribution >= 0.6 is 11.3 Å². The van der Waals surface area contributed by atoms with Gasteiger partial charge in [0.05, 0.1) is 0 Å². The minimum absolute atomic E-state index is 0.119. The lowest BCUT2D eigenvalue weighted by Crippen LogP contribution is -2.24. The minimum Gasteiger partial charge on any atom is -0.481 e. The van der Waals surface area contributed by atoms with E-state index in [-0.39, 0.29) is 11.8 Å². The number of carboxylic acid groups (broad SMARTS) is 1. The topological polar surface area (TPSA) is 75.1 Å². The molecular weight excluding hydrogens is 262 g/mol. The standard InChI is InChI=1S/C13H23N3O2S/c1-9-15-16-12(19-9)14-8-7-10(13(2,3)4)5-6-11(17)18/h10H,5-8H2,1-4H3,(H,14,16)(H,17,18). The average molecular weight is 285 g/mol. The Morgan fingerprint density at radius 1 is 1.37 bits per heavy atom. The molecule has 0 aliphatic heterocycles. The van der Waals surface area contributed by atoms with E-state index in [1.165, 1.54) is 11.3 Å². The molecule has 2 N–H and O–H groups in total. The first-order valence-electron chi connectivity index (χ1n) is 6.55. The number of hydrogen-bond acceptors (Lipinski definition) is 5. The van der Waals surface area contributed by atoms with Gasteiger partial charge in [0.15, 0.2) is 0 Å². The molecule has 1 aromatic heterocycles. The predicted octanol–water partition coefficient (Wildman–Crippen LogP) is 3.18. The maximum absolute atomic E-state index is 10.7. The Hall–Kier alpha value is -1.17. The fourth-order valence-corrected chi connectivity index (χ4v) is 2.65. The maximum Gasteiger partial charge on any atom is 0.303 e. The third-order valence-corrected chi connectivity index (χ3v) is 4.02. The Bertz CT molecular complexity index is 412. The molecule has 0 saturated carbocycles. The molecule has 0 aliphatic carbocycles. The number of anilines is 1. The summed E-state index contributed by atoms with van der Waals surface area (Å²) < 4.78 is 0. The van der Waals surface area contributed by atoms with Crippen LogP contribution < -0.4 is 5.32 Å². The van der Waals surface area contributed by atoms with Gasteiger partial charge in [0, 0.05) is 13.0 Å². The van der Waals surface area contributed by atoms with Crippen LogP contribution in [-0.4, -0.2) is 27.8 Å². The fraction of sp³-hybridized carbons (Fsp3) is 0.769. The quantitative estimate of drug-likeness (QED) is 0.804. The van der Waals surface area contributed by atoms with Crippen molar-refractivity contribution >= 4 is 22.4 Å². The molecule has 0 aliphatic rings. The van der Waals surface area contributed by atoms with Crippen LogP contribution in [0.3, 0.4) is 0 Å². The highest BCUT2D eigenvalue weighted by Crippen LogP contribution is 2.32. The van der Waals surface area contributed by atoms with Crippen molar-refractivity contribution in [2.75, 3.05) is 11.9 Å². The lowest BCUT2D eigenvalue weighted by Gasteiger charge is -2.30. The van der Waals surface area contributed by atoms with Gasteiger partial charge in [-0.1, -0.05) is 32.1 Å². The molecule has 6 heteroatoms. The fourth-order valence-electron chi connectivity index (χ4n) is 2.03. The van der Waals surface area contributed by atoms with Crippen molar-refractivity contribution in [2.45, 2.75) is 47.0 Å². The van der Waals surface area contributed by atoms with E-state index in [1.807, 2.05) is 6.92 Å². The molecule has 1 aromatic rings. The molecule has 1 rings (SSSR count). The van der Waals surface area contributed by atoms with Crippen LogP contribution in [0.4, 0.5) is 5.13 Å². The second-order valence-electron chi connectivity index (χ2n) is 5.84. The van der Waals surface area contributed by atoms with Gasteiger partial charge in [-0.2, -0.15) is 0 Å². The van der Waals surface area contributed by atoms with Crippen LogP contribution in [0.2, 0.25) is 0 Å². The van der Waals surface area contributed by atoms with Gasteiger partial charge in [0.1, 0.15) is 5.01 Å². The zero-order valence-corrected chi connectivity index (χ0v) is 12.9. The maximum atomic E-state index is 10.7. The average Bonchev–Trinajstić information content (AvgIpc) is 2.67. The molecular formula is C13H23N3O2S. The van der Waals surface area contributed by atoms with Gasteiger partial charge in [0.2, 0.25) is 5.13 Å². The zero-order valence-electron chi connectivity index (χ0n) is 12.1. The number of rotatable bonds is 7. The highest BCUT2D eigenvalue weighted by Gasteiger charge is 2.24. The Labute approximate surface area is 118 Å². The van der Waals surface area contributed by atoms with Gasteiger partial charge in [-0.05, 0) is 31.1 Å². The second kappa shape index (κ2) is 6.84. The molecule has 108 valence electrons. The number of aromatic nitrogens is 2. The molecule has 0 bridgehead atoms. The summed E-state index contributed by atoms with van der Waals surface area (Å²) in [5, 5.41) is 21.8. The third-order valence-electron chi connectivity index (χ3n) is 3.23. The van der Waals surface area contributed by atoms with E-state index in [4.69, 9.17) is 5.11 Å². The molecule has 0 radical (unpaired) electrons. The lowest BCUT2D eigenvalue weighted by atomic mass is 9.76. The van der Waals surface area contributed by atoms with Gasteiger partial charge in [-0.15, -0.1) is 10.2 Å². The van der Waals surface area contributed by atoms with E-state index < -0.39 is 5.97 Å². The van der Waals surface area contributed by atoms with Crippen LogP contribution in [0, 0.1) is 18.3 Å². The number of nitrogens with zero attached hydrogens (tertiary/aromatic N) is 2. The molecule has 5 nitrogen and oxygen atoms in total. The van der Waals surface area contributed by atoms with E-state index >= 15 is 0 Å². The summed E-state index contributed by atoms with van der Waals surface area (Å²) in [5.41, 5.74) is 0.119. The first kappa shape index (κ1) is 15.9. The molecule has 1 atom stereocenters. The molecule has 0 spiro atoms. The van der Waals surface area contributed by atoms with Crippen molar-refractivity contribution in [2.24, 2.45) is 11.3 Å². The Morgan fingerprint density at radius 3 is 2.53 bits per heavy atom. The summed E-state index contributed by atoms with van der Waals surface area (Å²) in [6.45, 7) is 9.21. The van der Waals surface area contributed by atoms with Crippen molar-refractivity contribution in [1.82, 2.24) is 10.2 Å². The second-order valence-corrected chi connectivity index (χ2v) is 7.02. The van der Waals surface area contributed by atoms with E-state index in [1.54, 1.807) is 0 Å². The van der Waals surface area contributed by atoms with Crippen molar-refractivity contribution < 1.29 is 9.90 Å². The molecule has 19 heavy (non-hydrogen) atoms. The van der Waals surface area contributed by atoms with Crippen LogP contribution in [0.1, 0.15) is 45.0 Å². The van der Waals surface area contributed by atoms with Crippen molar-refractivity contribution in [1.29, 1.82) is 0 Å².